The zero-order valence-electron chi connectivity index (χ0n) is 8.01. The molecule has 2 nitrogen and oxygen atoms in total. The number of nitrogens with one attached hydrogen (secondary N) is 1. The maximum atomic E-state index is 11.1. The Labute approximate surface area is 88.3 Å². The summed E-state index contributed by atoms with van der Waals surface area (Å²) in [5, 5.41) is 3.69. The van der Waals surface area contributed by atoms with Crippen molar-refractivity contribution in [1.82, 2.24) is 5.32 Å². The van der Waals surface area contributed by atoms with Crippen molar-refractivity contribution in [1.29, 1.82) is 0 Å². The fourth-order valence-electron chi connectivity index (χ4n) is 1.79. The van der Waals surface area contributed by atoms with Gasteiger partial charge in [-0.15, -0.1) is 0 Å². The highest BCUT2D eigenvalue weighted by Crippen LogP contribution is 2.31. The Hall–Kier alpha value is -1.02. The van der Waals surface area contributed by atoms with E-state index < -0.39 is 0 Å². The summed E-state index contributed by atoms with van der Waals surface area (Å²) in [7, 11) is 0. The third-order valence-electron chi connectivity index (χ3n) is 2.59. The van der Waals surface area contributed by atoms with E-state index in [2.05, 4.69) is 5.32 Å². The van der Waals surface area contributed by atoms with Crippen LogP contribution >= 0.6 is 11.6 Å². The smallest absolute Gasteiger partial charge is 0.220 e. The SMILES string of the molecule is Cc1cccc([C@@H]2CCC(=O)N2)c1Cl. The molecule has 0 aromatic heterocycles. The van der Waals surface area contributed by atoms with Crippen molar-refractivity contribution in [2.75, 3.05) is 0 Å². The van der Waals surface area contributed by atoms with Crippen molar-refractivity contribution in [2.24, 2.45) is 0 Å². The molecule has 0 unspecified atom stereocenters. The van der Waals surface area contributed by atoms with E-state index in [4.69, 9.17) is 11.6 Å². The van der Waals surface area contributed by atoms with Gasteiger partial charge in [0.05, 0.1) is 6.04 Å². The molecule has 1 amide bonds. The zero-order valence-corrected chi connectivity index (χ0v) is 8.77. The number of aryl methyl sites for hydroxylation is 1. The van der Waals surface area contributed by atoms with Gasteiger partial charge in [-0.25, -0.2) is 0 Å². The lowest BCUT2D eigenvalue weighted by atomic mass is 10.0. The van der Waals surface area contributed by atoms with Gasteiger partial charge in [-0.1, -0.05) is 29.8 Å². The predicted octanol–water partition coefficient (Wildman–Crippen LogP) is 2.60. The molecule has 1 aromatic rings. The molecule has 14 heavy (non-hydrogen) atoms. The summed E-state index contributed by atoms with van der Waals surface area (Å²) in [6.45, 7) is 1.97. The first-order valence-corrected chi connectivity index (χ1v) is 5.10. The van der Waals surface area contributed by atoms with Crippen LogP contribution in [-0.4, -0.2) is 5.91 Å². The second-order valence-electron chi connectivity index (χ2n) is 3.64. The molecule has 1 aliphatic heterocycles. The minimum Gasteiger partial charge on any atom is -0.349 e. The molecule has 1 aromatic carbocycles. The number of benzene rings is 1. The monoisotopic (exact) mass is 209 g/mol. The summed E-state index contributed by atoms with van der Waals surface area (Å²) in [5.74, 6) is 0.118. The molecule has 0 radical (unpaired) electrons. The van der Waals surface area contributed by atoms with Gasteiger partial charge < -0.3 is 5.32 Å². The lowest BCUT2D eigenvalue weighted by Crippen LogP contribution is -2.18. The van der Waals surface area contributed by atoms with E-state index in [1.165, 1.54) is 0 Å². The molecule has 1 saturated heterocycles. The Morgan fingerprint density at radius 3 is 2.93 bits per heavy atom. The van der Waals surface area contributed by atoms with Crippen molar-refractivity contribution in [2.45, 2.75) is 25.8 Å². The van der Waals surface area contributed by atoms with E-state index in [1.807, 2.05) is 25.1 Å². The fourth-order valence-corrected chi connectivity index (χ4v) is 2.04. The average molecular weight is 210 g/mol. The fraction of sp³-hybridized carbons (Fsp3) is 0.364. The highest BCUT2D eigenvalue weighted by atomic mass is 35.5. The molecule has 0 saturated carbocycles. The molecule has 1 fully saturated rings. The van der Waals surface area contributed by atoms with Crippen molar-refractivity contribution in [3.63, 3.8) is 0 Å². The largest absolute Gasteiger partial charge is 0.349 e. The van der Waals surface area contributed by atoms with Crippen molar-refractivity contribution in [3.05, 3.63) is 34.3 Å². The number of carbonyl (C=O) groups is 1. The van der Waals surface area contributed by atoms with Crippen LogP contribution in [0.1, 0.15) is 30.0 Å². The zero-order chi connectivity index (χ0) is 10.1. The summed E-state index contributed by atoms with van der Waals surface area (Å²) in [6.07, 6.45) is 1.46. The van der Waals surface area contributed by atoms with E-state index in [-0.39, 0.29) is 11.9 Å². The standard InChI is InChI=1S/C11H12ClNO/c1-7-3-2-4-8(11(7)12)9-5-6-10(14)13-9/h2-4,9H,5-6H2,1H3,(H,13,14)/t9-/m0/s1. The van der Waals surface area contributed by atoms with Gasteiger partial charge in [-0.05, 0) is 24.5 Å². The van der Waals surface area contributed by atoms with E-state index >= 15 is 0 Å². The van der Waals surface area contributed by atoms with E-state index in [9.17, 15) is 4.79 Å². The number of halogens is 1. The van der Waals surface area contributed by atoms with Crippen LogP contribution in [0.15, 0.2) is 18.2 Å². The van der Waals surface area contributed by atoms with Crippen LogP contribution in [0, 0.1) is 6.92 Å². The predicted molar refractivity (Wildman–Crippen MR) is 56.3 cm³/mol. The first-order valence-electron chi connectivity index (χ1n) is 4.73. The minimum atomic E-state index is 0.106. The van der Waals surface area contributed by atoms with Gasteiger partial charge in [-0.2, -0.15) is 0 Å². The van der Waals surface area contributed by atoms with Gasteiger partial charge in [-0.3, -0.25) is 4.79 Å². The van der Waals surface area contributed by atoms with Crippen LogP contribution in [0.2, 0.25) is 5.02 Å². The van der Waals surface area contributed by atoms with Crippen LogP contribution < -0.4 is 5.32 Å². The first-order chi connectivity index (χ1) is 6.68. The third-order valence-corrected chi connectivity index (χ3v) is 3.11. The van der Waals surface area contributed by atoms with Gasteiger partial charge in [0.25, 0.3) is 0 Å². The van der Waals surface area contributed by atoms with Crippen molar-refractivity contribution < 1.29 is 4.79 Å². The number of carbonyl (C=O) groups excluding carboxylic acids is 1. The third kappa shape index (κ3) is 1.62. The van der Waals surface area contributed by atoms with Gasteiger partial charge in [0.15, 0.2) is 0 Å². The van der Waals surface area contributed by atoms with Crippen LogP contribution in [0.5, 0.6) is 0 Å². The van der Waals surface area contributed by atoms with E-state index in [1.54, 1.807) is 0 Å². The Morgan fingerprint density at radius 2 is 2.29 bits per heavy atom. The van der Waals surface area contributed by atoms with Crippen LogP contribution in [-0.2, 0) is 4.79 Å². The maximum Gasteiger partial charge on any atom is 0.220 e. The van der Waals surface area contributed by atoms with E-state index in [0.717, 1.165) is 22.6 Å². The summed E-state index contributed by atoms with van der Waals surface area (Å²) in [4.78, 5) is 11.1. The molecule has 2 rings (SSSR count). The lowest BCUT2D eigenvalue weighted by molar-refractivity contribution is -0.119. The van der Waals surface area contributed by atoms with Crippen LogP contribution in [0.3, 0.4) is 0 Å². The summed E-state index contributed by atoms with van der Waals surface area (Å²) >= 11 is 6.17. The molecule has 1 heterocycles. The van der Waals surface area contributed by atoms with Gasteiger partial charge in [0.2, 0.25) is 5.91 Å². The quantitative estimate of drug-likeness (QED) is 0.757. The Kier molecular flexibility index (Phi) is 2.46. The molecule has 1 N–H and O–H groups in total. The molecule has 1 aliphatic rings. The van der Waals surface area contributed by atoms with Crippen molar-refractivity contribution >= 4 is 17.5 Å². The summed E-state index contributed by atoms with van der Waals surface area (Å²) in [6, 6.07) is 6.03. The van der Waals surface area contributed by atoms with Gasteiger partial charge in [0.1, 0.15) is 0 Å². The number of hydrogen-bond donors (Lipinski definition) is 1. The van der Waals surface area contributed by atoms with Crippen molar-refractivity contribution in [3.8, 4) is 0 Å². The second kappa shape index (κ2) is 3.62. The highest BCUT2D eigenvalue weighted by molar-refractivity contribution is 6.32. The number of hydrogen-bond acceptors (Lipinski definition) is 1. The Bertz CT molecular complexity index is 376. The number of rotatable bonds is 1. The first kappa shape index (κ1) is 9.53. The summed E-state index contributed by atoms with van der Waals surface area (Å²) < 4.78 is 0. The van der Waals surface area contributed by atoms with Crippen LogP contribution in [0.4, 0.5) is 0 Å². The molecule has 74 valence electrons. The topological polar surface area (TPSA) is 29.1 Å². The van der Waals surface area contributed by atoms with Crippen LogP contribution in [0.25, 0.3) is 0 Å². The lowest BCUT2D eigenvalue weighted by Gasteiger charge is -2.13. The molecule has 1 atom stereocenters. The molecule has 0 bridgehead atoms. The molecule has 0 aliphatic carbocycles. The molecule has 3 heteroatoms. The number of amides is 1. The normalized spacial score (nSPS) is 21.0. The molecular formula is C11H12ClNO. The van der Waals surface area contributed by atoms with Gasteiger partial charge >= 0.3 is 0 Å². The average Bonchev–Trinajstić information content (AvgIpc) is 2.57. The Balaban J connectivity index is 2.32. The molecular weight excluding hydrogens is 198 g/mol. The Morgan fingerprint density at radius 1 is 1.50 bits per heavy atom. The maximum absolute atomic E-state index is 11.1. The van der Waals surface area contributed by atoms with E-state index in [0.29, 0.717) is 6.42 Å². The molecule has 0 spiro atoms. The second-order valence-corrected chi connectivity index (χ2v) is 4.01. The highest BCUT2D eigenvalue weighted by Gasteiger charge is 2.24. The van der Waals surface area contributed by atoms with Gasteiger partial charge in [0, 0.05) is 11.4 Å². The summed E-state index contributed by atoms with van der Waals surface area (Å²) in [5.41, 5.74) is 2.10. The minimum absolute atomic E-state index is 0.106.